The van der Waals surface area contributed by atoms with Gasteiger partial charge in [0.2, 0.25) is 15.9 Å². The fourth-order valence-corrected chi connectivity index (χ4v) is 5.07. The van der Waals surface area contributed by atoms with Gasteiger partial charge in [0, 0.05) is 19.0 Å². The van der Waals surface area contributed by atoms with E-state index >= 15 is 0 Å². The third kappa shape index (κ3) is 4.73. The van der Waals surface area contributed by atoms with Crippen molar-refractivity contribution in [1.29, 1.82) is 0 Å². The van der Waals surface area contributed by atoms with Crippen LogP contribution >= 0.6 is 0 Å². The largest absolute Gasteiger partial charge is 0.495 e. The zero-order valence-corrected chi connectivity index (χ0v) is 17.7. The molecule has 1 aliphatic heterocycles. The van der Waals surface area contributed by atoms with Crippen LogP contribution in [0.1, 0.15) is 19.8 Å². The maximum atomic E-state index is 13.6. The van der Waals surface area contributed by atoms with Crippen molar-refractivity contribution in [1.82, 2.24) is 4.31 Å². The van der Waals surface area contributed by atoms with Crippen molar-refractivity contribution in [2.75, 3.05) is 32.1 Å². The van der Waals surface area contributed by atoms with Gasteiger partial charge in [0.25, 0.3) is 0 Å². The molecule has 1 aliphatic rings. The molecule has 9 heteroatoms. The molecule has 0 radical (unpaired) electrons. The molecule has 0 saturated carbocycles. The number of ether oxygens (including phenoxy) is 2. The molecule has 0 bridgehead atoms. The normalized spacial score (nSPS) is 15.6. The number of nitrogens with one attached hydrogen (secondary N) is 1. The van der Waals surface area contributed by atoms with Crippen molar-refractivity contribution in [3.63, 3.8) is 0 Å². The van der Waals surface area contributed by atoms with E-state index in [-0.39, 0.29) is 35.6 Å². The van der Waals surface area contributed by atoms with Gasteiger partial charge in [0.1, 0.15) is 22.2 Å². The summed E-state index contributed by atoms with van der Waals surface area (Å²) in [5, 5.41) is 2.87. The monoisotopic (exact) mass is 436 g/mol. The number of carbonyl (C=O) groups is 1. The molecule has 0 spiro atoms. The number of para-hydroxylation sites is 2. The number of benzene rings is 2. The summed E-state index contributed by atoms with van der Waals surface area (Å²) in [7, 11) is -2.60. The van der Waals surface area contributed by atoms with Gasteiger partial charge in [0.15, 0.2) is 0 Å². The van der Waals surface area contributed by atoms with E-state index in [1.165, 1.54) is 17.5 Å². The Bertz CT molecular complexity index is 1000. The molecule has 1 N–H and O–H groups in total. The van der Waals surface area contributed by atoms with E-state index in [0.717, 1.165) is 12.1 Å². The number of piperidine rings is 1. The SMILES string of the molecule is CCOc1ccccc1NC(=O)C1CCN(S(=O)(=O)c2cc(F)ccc2OC)CC1. The Kier molecular flexibility index (Phi) is 6.94. The Morgan fingerprint density at radius 2 is 1.87 bits per heavy atom. The lowest BCUT2D eigenvalue weighted by atomic mass is 9.97. The van der Waals surface area contributed by atoms with Crippen LogP contribution in [0, 0.1) is 11.7 Å². The van der Waals surface area contributed by atoms with Crippen molar-refractivity contribution in [3.05, 3.63) is 48.3 Å². The number of carbonyl (C=O) groups excluding carboxylic acids is 1. The lowest BCUT2D eigenvalue weighted by molar-refractivity contribution is -0.120. The Balaban J connectivity index is 1.67. The number of halogens is 1. The summed E-state index contributed by atoms with van der Waals surface area (Å²) < 4.78 is 51.4. The van der Waals surface area contributed by atoms with Gasteiger partial charge in [-0.15, -0.1) is 0 Å². The molecule has 0 aromatic heterocycles. The highest BCUT2D eigenvalue weighted by Gasteiger charge is 2.34. The molecule has 1 amide bonds. The van der Waals surface area contributed by atoms with Crippen molar-refractivity contribution < 1.29 is 27.1 Å². The van der Waals surface area contributed by atoms with Crippen LogP contribution in [-0.2, 0) is 14.8 Å². The van der Waals surface area contributed by atoms with Crippen LogP contribution in [0.2, 0.25) is 0 Å². The topological polar surface area (TPSA) is 84.9 Å². The van der Waals surface area contributed by atoms with Gasteiger partial charge >= 0.3 is 0 Å². The van der Waals surface area contributed by atoms with Gasteiger partial charge in [-0.3, -0.25) is 4.79 Å². The number of sulfonamides is 1. The molecule has 162 valence electrons. The van der Waals surface area contributed by atoms with Gasteiger partial charge in [-0.2, -0.15) is 4.31 Å². The van der Waals surface area contributed by atoms with Crippen LogP contribution in [0.5, 0.6) is 11.5 Å². The molecule has 2 aromatic rings. The third-order valence-corrected chi connectivity index (χ3v) is 6.93. The second-order valence-corrected chi connectivity index (χ2v) is 8.80. The Morgan fingerprint density at radius 1 is 1.17 bits per heavy atom. The van der Waals surface area contributed by atoms with Crippen LogP contribution in [0.15, 0.2) is 47.4 Å². The highest BCUT2D eigenvalue weighted by atomic mass is 32.2. The minimum atomic E-state index is -3.93. The quantitative estimate of drug-likeness (QED) is 0.720. The second kappa shape index (κ2) is 9.44. The summed E-state index contributed by atoms with van der Waals surface area (Å²) in [5.41, 5.74) is 0.587. The van der Waals surface area contributed by atoms with Gasteiger partial charge < -0.3 is 14.8 Å². The first-order valence-corrected chi connectivity index (χ1v) is 11.2. The van der Waals surface area contributed by atoms with E-state index in [1.807, 2.05) is 13.0 Å². The molecule has 0 atom stereocenters. The molecule has 2 aromatic carbocycles. The predicted octanol–water partition coefficient (Wildman–Crippen LogP) is 3.27. The summed E-state index contributed by atoms with van der Waals surface area (Å²) in [6.45, 7) is 2.66. The van der Waals surface area contributed by atoms with Crippen LogP contribution in [0.25, 0.3) is 0 Å². The van der Waals surface area contributed by atoms with Crippen LogP contribution in [0.4, 0.5) is 10.1 Å². The number of hydrogen-bond acceptors (Lipinski definition) is 5. The predicted molar refractivity (Wildman–Crippen MR) is 111 cm³/mol. The third-order valence-electron chi connectivity index (χ3n) is 5.01. The molecule has 1 fully saturated rings. The van der Waals surface area contributed by atoms with Crippen molar-refractivity contribution in [2.45, 2.75) is 24.7 Å². The van der Waals surface area contributed by atoms with Gasteiger partial charge in [-0.1, -0.05) is 12.1 Å². The lowest BCUT2D eigenvalue weighted by Gasteiger charge is -2.31. The van der Waals surface area contributed by atoms with Crippen LogP contribution < -0.4 is 14.8 Å². The fourth-order valence-electron chi connectivity index (χ4n) is 3.44. The number of anilines is 1. The van der Waals surface area contributed by atoms with E-state index in [0.29, 0.717) is 30.9 Å². The average Bonchev–Trinajstić information content (AvgIpc) is 2.75. The van der Waals surface area contributed by atoms with Crippen molar-refractivity contribution in [3.8, 4) is 11.5 Å². The number of hydrogen-bond donors (Lipinski definition) is 1. The zero-order valence-electron chi connectivity index (χ0n) is 16.9. The van der Waals surface area contributed by atoms with Crippen LogP contribution in [0.3, 0.4) is 0 Å². The first-order chi connectivity index (χ1) is 14.4. The number of amides is 1. The Labute approximate surface area is 175 Å². The van der Waals surface area contributed by atoms with Gasteiger partial charge in [0.05, 0.1) is 19.4 Å². The summed E-state index contributed by atoms with van der Waals surface area (Å²) in [4.78, 5) is 12.5. The molecule has 0 unspecified atom stereocenters. The molecule has 7 nitrogen and oxygen atoms in total. The first-order valence-electron chi connectivity index (χ1n) is 9.73. The number of rotatable bonds is 7. The average molecular weight is 437 g/mol. The Hall–Kier alpha value is -2.65. The molecule has 30 heavy (non-hydrogen) atoms. The molecule has 3 rings (SSSR count). The highest BCUT2D eigenvalue weighted by Crippen LogP contribution is 2.31. The van der Waals surface area contributed by atoms with Gasteiger partial charge in [-0.25, -0.2) is 12.8 Å². The fraction of sp³-hybridized carbons (Fsp3) is 0.381. The minimum Gasteiger partial charge on any atom is -0.495 e. The van der Waals surface area contributed by atoms with E-state index < -0.39 is 15.8 Å². The standard InChI is InChI=1S/C21H25FN2O5S/c1-3-29-18-7-5-4-6-17(18)23-21(25)15-10-12-24(13-11-15)30(26,27)20-14-16(22)8-9-19(20)28-2/h4-9,14-15H,3,10-13H2,1-2H3,(H,23,25). The zero-order chi connectivity index (χ0) is 21.7. The smallest absolute Gasteiger partial charge is 0.246 e. The Morgan fingerprint density at radius 3 is 2.53 bits per heavy atom. The van der Waals surface area contributed by atoms with Gasteiger partial charge in [-0.05, 0) is 50.1 Å². The van der Waals surface area contributed by atoms with E-state index in [4.69, 9.17) is 9.47 Å². The summed E-state index contributed by atoms with van der Waals surface area (Å²) in [6, 6.07) is 10.6. The van der Waals surface area contributed by atoms with Crippen molar-refractivity contribution >= 4 is 21.6 Å². The lowest BCUT2D eigenvalue weighted by Crippen LogP contribution is -2.41. The van der Waals surface area contributed by atoms with Crippen LogP contribution in [-0.4, -0.2) is 45.4 Å². The minimum absolute atomic E-state index is 0.0868. The van der Waals surface area contributed by atoms with E-state index in [2.05, 4.69) is 5.32 Å². The second-order valence-electron chi connectivity index (χ2n) is 6.89. The molecular weight excluding hydrogens is 411 g/mol. The van der Waals surface area contributed by atoms with E-state index in [9.17, 15) is 17.6 Å². The molecule has 1 saturated heterocycles. The molecule has 0 aliphatic carbocycles. The first kappa shape index (κ1) is 22.0. The summed E-state index contributed by atoms with van der Waals surface area (Å²) >= 11 is 0. The maximum Gasteiger partial charge on any atom is 0.246 e. The van der Waals surface area contributed by atoms with E-state index in [1.54, 1.807) is 18.2 Å². The van der Waals surface area contributed by atoms with Crippen molar-refractivity contribution in [2.24, 2.45) is 5.92 Å². The highest BCUT2D eigenvalue weighted by molar-refractivity contribution is 7.89. The molecular formula is C21H25FN2O5S. The number of methoxy groups -OCH3 is 1. The summed E-state index contributed by atoms with van der Waals surface area (Å²) in [5.74, 6) is -0.491. The number of nitrogens with zero attached hydrogens (tertiary/aromatic N) is 1. The maximum absolute atomic E-state index is 13.6. The molecule has 1 heterocycles. The summed E-state index contributed by atoms with van der Waals surface area (Å²) in [6.07, 6.45) is 0.721.